The van der Waals surface area contributed by atoms with Crippen LogP contribution in [-0.4, -0.2) is 11.5 Å². The molecule has 2 rings (SSSR count). The van der Waals surface area contributed by atoms with E-state index in [1.165, 1.54) is 32.1 Å². The summed E-state index contributed by atoms with van der Waals surface area (Å²) in [5.41, 5.74) is 1.60. The molecule has 1 aliphatic rings. The molecule has 1 saturated carbocycles. The molecular formula is C17H26N2O2. The third-order valence-corrected chi connectivity index (χ3v) is 4.46. The predicted molar refractivity (Wildman–Crippen MR) is 85.2 cm³/mol. The first kappa shape index (κ1) is 16.0. The Bertz CT molecular complexity index is 479. The van der Waals surface area contributed by atoms with Gasteiger partial charge in [0, 0.05) is 25.2 Å². The molecule has 1 N–H and O–H groups in total. The van der Waals surface area contributed by atoms with Crippen LogP contribution in [0.5, 0.6) is 0 Å². The summed E-state index contributed by atoms with van der Waals surface area (Å²) in [6, 6.07) is 6.91. The van der Waals surface area contributed by atoms with Crippen molar-refractivity contribution in [2.45, 2.75) is 52.5 Å². The van der Waals surface area contributed by atoms with Crippen LogP contribution in [0.25, 0.3) is 0 Å². The highest BCUT2D eigenvalue weighted by molar-refractivity contribution is 5.34. The van der Waals surface area contributed by atoms with Gasteiger partial charge in [-0.15, -0.1) is 0 Å². The van der Waals surface area contributed by atoms with Crippen LogP contribution in [0.15, 0.2) is 24.3 Å². The molecule has 0 amide bonds. The SMILES string of the molecule is CC(C)CC1(CNCc2cccc([N+](=O)[O-])c2)CCCC1. The predicted octanol–water partition coefficient (Wildman–Crippen LogP) is 4.29. The van der Waals surface area contributed by atoms with Crippen LogP contribution in [0.4, 0.5) is 5.69 Å². The fourth-order valence-corrected chi connectivity index (χ4v) is 3.70. The number of nitrogens with zero attached hydrogens (tertiary/aromatic N) is 1. The molecule has 0 unspecified atom stereocenters. The molecule has 0 aromatic heterocycles. The van der Waals surface area contributed by atoms with Gasteiger partial charge < -0.3 is 5.32 Å². The quantitative estimate of drug-likeness (QED) is 0.602. The molecule has 1 fully saturated rings. The number of hydrogen-bond acceptors (Lipinski definition) is 3. The first-order valence-electron chi connectivity index (χ1n) is 7.95. The lowest BCUT2D eigenvalue weighted by molar-refractivity contribution is -0.384. The summed E-state index contributed by atoms with van der Waals surface area (Å²) in [4.78, 5) is 10.5. The van der Waals surface area contributed by atoms with Crippen LogP contribution < -0.4 is 5.32 Å². The molecule has 0 atom stereocenters. The van der Waals surface area contributed by atoms with E-state index in [2.05, 4.69) is 19.2 Å². The molecular weight excluding hydrogens is 264 g/mol. The second-order valence-electron chi connectivity index (χ2n) is 6.84. The third-order valence-electron chi connectivity index (χ3n) is 4.46. The van der Waals surface area contributed by atoms with Crippen LogP contribution >= 0.6 is 0 Å². The van der Waals surface area contributed by atoms with Gasteiger partial charge in [0.15, 0.2) is 0 Å². The molecule has 4 heteroatoms. The topological polar surface area (TPSA) is 55.2 Å². The summed E-state index contributed by atoms with van der Waals surface area (Å²) in [6.45, 7) is 6.32. The van der Waals surface area contributed by atoms with Crippen molar-refractivity contribution in [2.24, 2.45) is 11.3 Å². The molecule has 0 radical (unpaired) electrons. The molecule has 0 spiro atoms. The Morgan fingerprint density at radius 2 is 2.05 bits per heavy atom. The lowest BCUT2D eigenvalue weighted by atomic mass is 9.78. The van der Waals surface area contributed by atoms with Crippen molar-refractivity contribution in [3.63, 3.8) is 0 Å². The molecule has 21 heavy (non-hydrogen) atoms. The van der Waals surface area contributed by atoms with E-state index < -0.39 is 0 Å². The maximum absolute atomic E-state index is 10.8. The lowest BCUT2D eigenvalue weighted by Crippen LogP contribution is -2.33. The summed E-state index contributed by atoms with van der Waals surface area (Å²) in [5.74, 6) is 0.725. The Morgan fingerprint density at radius 3 is 2.67 bits per heavy atom. The number of non-ortho nitro benzene ring substituents is 1. The number of benzene rings is 1. The molecule has 0 aliphatic heterocycles. The van der Waals surface area contributed by atoms with Crippen LogP contribution in [0.2, 0.25) is 0 Å². The zero-order chi connectivity index (χ0) is 15.3. The van der Waals surface area contributed by atoms with Crippen LogP contribution in [0, 0.1) is 21.4 Å². The van der Waals surface area contributed by atoms with E-state index in [-0.39, 0.29) is 10.6 Å². The maximum atomic E-state index is 10.8. The van der Waals surface area contributed by atoms with Gasteiger partial charge in [0.05, 0.1) is 4.92 Å². The molecule has 0 saturated heterocycles. The van der Waals surface area contributed by atoms with Crippen molar-refractivity contribution in [3.05, 3.63) is 39.9 Å². The van der Waals surface area contributed by atoms with Crippen molar-refractivity contribution >= 4 is 5.69 Å². The van der Waals surface area contributed by atoms with Gasteiger partial charge in [0.25, 0.3) is 5.69 Å². The summed E-state index contributed by atoms with van der Waals surface area (Å²) in [6.07, 6.45) is 6.57. The average Bonchev–Trinajstić information content (AvgIpc) is 2.87. The number of nitrogens with one attached hydrogen (secondary N) is 1. The van der Waals surface area contributed by atoms with Crippen molar-refractivity contribution in [3.8, 4) is 0 Å². The van der Waals surface area contributed by atoms with E-state index in [0.717, 1.165) is 18.0 Å². The van der Waals surface area contributed by atoms with E-state index in [4.69, 9.17) is 0 Å². The van der Waals surface area contributed by atoms with E-state index in [1.807, 2.05) is 6.07 Å². The number of rotatable bonds is 7. The molecule has 1 aliphatic carbocycles. The van der Waals surface area contributed by atoms with Crippen LogP contribution in [0.3, 0.4) is 0 Å². The fraction of sp³-hybridized carbons (Fsp3) is 0.647. The van der Waals surface area contributed by atoms with E-state index in [0.29, 0.717) is 12.0 Å². The average molecular weight is 290 g/mol. The van der Waals surface area contributed by atoms with Gasteiger partial charge in [-0.05, 0) is 36.2 Å². The zero-order valence-corrected chi connectivity index (χ0v) is 13.1. The van der Waals surface area contributed by atoms with Crippen molar-refractivity contribution in [1.29, 1.82) is 0 Å². The Labute approximate surface area is 127 Å². The Hall–Kier alpha value is -1.42. The summed E-state index contributed by atoms with van der Waals surface area (Å²) in [7, 11) is 0. The Balaban J connectivity index is 1.90. The first-order valence-corrected chi connectivity index (χ1v) is 7.95. The van der Waals surface area contributed by atoms with Crippen molar-refractivity contribution in [1.82, 2.24) is 5.32 Å². The number of nitro benzene ring substituents is 1. The highest BCUT2D eigenvalue weighted by Crippen LogP contribution is 2.42. The van der Waals surface area contributed by atoms with Crippen molar-refractivity contribution < 1.29 is 4.92 Å². The van der Waals surface area contributed by atoms with Gasteiger partial charge in [-0.25, -0.2) is 0 Å². The molecule has 0 bridgehead atoms. The van der Waals surface area contributed by atoms with E-state index in [1.54, 1.807) is 18.2 Å². The lowest BCUT2D eigenvalue weighted by Gasteiger charge is -2.31. The molecule has 116 valence electrons. The smallest absolute Gasteiger partial charge is 0.269 e. The zero-order valence-electron chi connectivity index (χ0n) is 13.1. The van der Waals surface area contributed by atoms with Crippen LogP contribution in [0.1, 0.15) is 51.5 Å². The second-order valence-corrected chi connectivity index (χ2v) is 6.84. The minimum Gasteiger partial charge on any atom is -0.312 e. The Morgan fingerprint density at radius 1 is 1.33 bits per heavy atom. The Kier molecular flexibility index (Phi) is 5.34. The third kappa shape index (κ3) is 4.53. The molecule has 4 nitrogen and oxygen atoms in total. The highest BCUT2D eigenvalue weighted by Gasteiger charge is 2.33. The minimum atomic E-state index is -0.333. The first-order chi connectivity index (χ1) is 10.0. The monoisotopic (exact) mass is 290 g/mol. The van der Waals surface area contributed by atoms with Gasteiger partial charge in [-0.1, -0.05) is 38.8 Å². The maximum Gasteiger partial charge on any atom is 0.269 e. The van der Waals surface area contributed by atoms with E-state index >= 15 is 0 Å². The summed E-state index contributed by atoms with van der Waals surface area (Å²) in [5, 5.41) is 14.3. The molecule has 1 aromatic carbocycles. The highest BCUT2D eigenvalue weighted by atomic mass is 16.6. The largest absolute Gasteiger partial charge is 0.312 e. The normalized spacial score (nSPS) is 17.3. The fourth-order valence-electron chi connectivity index (χ4n) is 3.70. The minimum absolute atomic E-state index is 0.173. The van der Waals surface area contributed by atoms with Gasteiger partial charge in [0.1, 0.15) is 0 Å². The van der Waals surface area contributed by atoms with Gasteiger partial charge in [-0.3, -0.25) is 10.1 Å². The molecule has 1 aromatic rings. The summed E-state index contributed by atoms with van der Waals surface area (Å²) >= 11 is 0. The number of hydrogen-bond donors (Lipinski definition) is 1. The summed E-state index contributed by atoms with van der Waals surface area (Å²) < 4.78 is 0. The van der Waals surface area contributed by atoms with Crippen LogP contribution in [-0.2, 0) is 6.54 Å². The van der Waals surface area contributed by atoms with E-state index in [9.17, 15) is 10.1 Å². The van der Waals surface area contributed by atoms with Gasteiger partial charge >= 0.3 is 0 Å². The second kappa shape index (κ2) is 7.03. The van der Waals surface area contributed by atoms with Gasteiger partial charge in [-0.2, -0.15) is 0 Å². The van der Waals surface area contributed by atoms with Gasteiger partial charge in [0.2, 0.25) is 0 Å². The molecule has 0 heterocycles. The number of nitro groups is 1. The standard InChI is InChI=1S/C17H26N2O2/c1-14(2)11-17(8-3-4-9-17)13-18-12-15-6-5-7-16(10-15)19(20)21/h5-7,10,14,18H,3-4,8-9,11-13H2,1-2H3. The van der Waals surface area contributed by atoms with Crippen molar-refractivity contribution in [2.75, 3.05) is 6.54 Å².